The first-order valence-electron chi connectivity index (χ1n) is 5.56. The minimum Gasteiger partial charge on any atom is -0.506 e. The maximum Gasteiger partial charge on any atom is 0.345 e. The van der Waals surface area contributed by atoms with E-state index >= 15 is 0 Å². The summed E-state index contributed by atoms with van der Waals surface area (Å²) in [6, 6.07) is 5.19. The summed E-state index contributed by atoms with van der Waals surface area (Å²) in [6.07, 6.45) is 0. The Kier molecular flexibility index (Phi) is 2.82. The fraction of sp³-hybridized carbons (Fsp3) is 0.231. The summed E-state index contributed by atoms with van der Waals surface area (Å²) in [5.74, 6) is -1.88. The van der Waals surface area contributed by atoms with E-state index in [9.17, 15) is 14.7 Å². The lowest BCUT2D eigenvalue weighted by molar-refractivity contribution is 0.0691. The molecule has 0 amide bonds. The third-order valence-electron chi connectivity index (χ3n) is 2.92. The van der Waals surface area contributed by atoms with Gasteiger partial charge in [-0.1, -0.05) is 11.6 Å². The summed E-state index contributed by atoms with van der Waals surface area (Å²) in [5.41, 5.74) is 0.167. The predicted octanol–water partition coefficient (Wildman–Crippen LogP) is 1.73. The molecule has 0 fully saturated rings. The van der Waals surface area contributed by atoms with Gasteiger partial charge < -0.3 is 14.8 Å². The van der Waals surface area contributed by atoms with Crippen molar-refractivity contribution < 1.29 is 15.0 Å². The van der Waals surface area contributed by atoms with E-state index < -0.39 is 22.8 Å². The Hall–Kier alpha value is -2.30. The van der Waals surface area contributed by atoms with Crippen LogP contribution in [0, 0.1) is 6.92 Å². The SMILES string of the molecule is CCn1c(=O)c(C(=O)O)c(O)c2cc(C)ccc21. The molecule has 1 aromatic carbocycles. The number of fused-ring (bicyclic) bond motifs is 1. The largest absolute Gasteiger partial charge is 0.506 e. The van der Waals surface area contributed by atoms with Gasteiger partial charge in [-0.25, -0.2) is 4.79 Å². The van der Waals surface area contributed by atoms with Crippen molar-refractivity contribution >= 4 is 16.9 Å². The molecule has 18 heavy (non-hydrogen) atoms. The number of hydrogen-bond acceptors (Lipinski definition) is 3. The van der Waals surface area contributed by atoms with Crippen LogP contribution in [-0.2, 0) is 6.54 Å². The topological polar surface area (TPSA) is 79.5 Å². The molecular formula is C13H13NO4. The van der Waals surface area contributed by atoms with Crippen LogP contribution < -0.4 is 5.56 Å². The first kappa shape index (κ1) is 12.2. The molecule has 0 saturated heterocycles. The Morgan fingerprint density at radius 1 is 1.39 bits per heavy atom. The third kappa shape index (κ3) is 1.64. The number of rotatable bonds is 2. The highest BCUT2D eigenvalue weighted by molar-refractivity contribution is 5.98. The van der Waals surface area contributed by atoms with Crippen molar-refractivity contribution in [1.82, 2.24) is 4.57 Å². The Morgan fingerprint density at radius 3 is 2.61 bits per heavy atom. The molecule has 1 heterocycles. The smallest absolute Gasteiger partial charge is 0.345 e. The Balaban J connectivity index is 3.06. The zero-order chi connectivity index (χ0) is 13.4. The molecule has 0 aliphatic heterocycles. The molecule has 0 unspecified atom stereocenters. The first-order chi connectivity index (χ1) is 8.47. The fourth-order valence-corrected chi connectivity index (χ4v) is 2.06. The van der Waals surface area contributed by atoms with Gasteiger partial charge in [-0.3, -0.25) is 4.79 Å². The third-order valence-corrected chi connectivity index (χ3v) is 2.92. The van der Waals surface area contributed by atoms with Crippen LogP contribution in [0.2, 0.25) is 0 Å². The van der Waals surface area contributed by atoms with E-state index in [1.54, 1.807) is 19.1 Å². The van der Waals surface area contributed by atoms with Crippen LogP contribution in [0.1, 0.15) is 22.8 Å². The van der Waals surface area contributed by atoms with E-state index in [0.717, 1.165) is 5.56 Å². The van der Waals surface area contributed by atoms with Gasteiger partial charge in [-0.05, 0) is 26.0 Å². The number of aromatic nitrogens is 1. The minimum absolute atomic E-state index is 0.346. The number of benzene rings is 1. The lowest BCUT2D eigenvalue weighted by Crippen LogP contribution is -2.26. The summed E-state index contributed by atoms with van der Waals surface area (Å²) in [7, 11) is 0. The Bertz CT molecular complexity index is 700. The second kappa shape index (κ2) is 4.18. The van der Waals surface area contributed by atoms with Crippen molar-refractivity contribution in [3.63, 3.8) is 0 Å². The van der Waals surface area contributed by atoms with Crippen molar-refractivity contribution in [3.8, 4) is 5.75 Å². The van der Waals surface area contributed by atoms with E-state index in [1.807, 2.05) is 13.0 Å². The average molecular weight is 247 g/mol. The van der Waals surface area contributed by atoms with Crippen LogP contribution in [0.4, 0.5) is 0 Å². The molecule has 0 aliphatic rings. The van der Waals surface area contributed by atoms with Gasteiger partial charge in [0.1, 0.15) is 5.75 Å². The number of nitrogens with zero attached hydrogens (tertiary/aromatic N) is 1. The number of aromatic carboxylic acids is 1. The molecule has 5 nitrogen and oxygen atoms in total. The van der Waals surface area contributed by atoms with Crippen molar-refractivity contribution in [2.45, 2.75) is 20.4 Å². The van der Waals surface area contributed by atoms with Crippen LogP contribution in [0.5, 0.6) is 5.75 Å². The zero-order valence-electron chi connectivity index (χ0n) is 10.1. The van der Waals surface area contributed by atoms with Crippen LogP contribution in [0.15, 0.2) is 23.0 Å². The fourth-order valence-electron chi connectivity index (χ4n) is 2.06. The van der Waals surface area contributed by atoms with Crippen LogP contribution in [0.3, 0.4) is 0 Å². The molecule has 2 N–H and O–H groups in total. The molecule has 0 radical (unpaired) electrons. The second-order valence-electron chi connectivity index (χ2n) is 4.10. The summed E-state index contributed by atoms with van der Waals surface area (Å²) in [4.78, 5) is 23.0. The highest BCUT2D eigenvalue weighted by Crippen LogP contribution is 2.27. The number of aromatic hydroxyl groups is 1. The van der Waals surface area contributed by atoms with Crippen molar-refractivity contribution in [2.24, 2.45) is 0 Å². The van der Waals surface area contributed by atoms with Crippen molar-refractivity contribution in [1.29, 1.82) is 0 Å². The van der Waals surface area contributed by atoms with Gasteiger partial charge in [-0.2, -0.15) is 0 Å². The van der Waals surface area contributed by atoms with Crippen LogP contribution in [0.25, 0.3) is 10.9 Å². The molecule has 94 valence electrons. The second-order valence-corrected chi connectivity index (χ2v) is 4.10. The normalized spacial score (nSPS) is 10.8. The summed E-state index contributed by atoms with van der Waals surface area (Å²) in [5, 5.41) is 19.4. The number of carboxylic acids is 1. The molecule has 0 atom stereocenters. The standard InChI is InChI=1S/C13H13NO4/c1-3-14-9-5-4-7(2)6-8(9)11(15)10(12(14)16)13(17)18/h4-6,15H,3H2,1-2H3,(H,17,18). The lowest BCUT2D eigenvalue weighted by atomic mass is 10.1. The minimum atomic E-state index is -1.41. The molecule has 1 aromatic heterocycles. The molecule has 5 heteroatoms. The monoisotopic (exact) mass is 247 g/mol. The summed E-state index contributed by atoms with van der Waals surface area (Å²) < 4.78 is 1.35. The molecule has 0 aliphatic carbocycles. The Morgan fingerprint density at radius 2 is 2.06 bits per heavy atom. The summed E-state index contributed by atoms with van der Waals surface area (Å²) >= 11 is 0. The molecule has 0 bridgehead atoms. The molecular weight excluding hydrogens is 234 g/mol. The van der Waals surface area contributed by atoms with Gasteiger partial charge in [0.2, 0.25) is 0 Å². The number of pyridine rings is 1. The quantitative estimate of drug-likeness (QED) is 0.847. The van der Waals surface area contributed by atoms with Crippen molar-refractivity contribution in [2.75, 3.05) is 0 Å². The van der Waals surface area contributed by atoms with Gasteiger partial charge in [0, 0.05) is 11.9 Å². The number of carboxylic acid groups (broad SMARTS) is 1. The molecule has 0 spiro atoms. The van der Waals surface area contributed by atoms with Gasteiger partial charge >= 0.3 is 5.97 Å². The van der Waals surface area contributed by atoms with Gasteiger partial charge in [0.05, 0.1) is 5.52 Å². The number of hydrogen-bond donors (Lipinski definition) is 2. The maximum atomic E-state index is 12.0. The van der Waals surface area contributed by atoms with Gasteiger partial charge in [-0.15, -0.1) is 0 Å². The van der Waals surface area contributed by atoms with Crippen molar-refractivity contribution in [3.05, 3.63) is 39.7 Å². The molecule has 0 saturated carbocycles. The predicted molar refractivity (Wildman–Crippen MR) is 67.2 cm³/mol. The van der Waals surface area contributed by atoms with E-state index in [4.69, 9.17) is 5.11 Å². The van der Waals surface area contributed by atoms with E-state index in [2.05, 4.69) is 0 Å². The van der Waals surface area contributed by atoms with Gasteiger partial charge in [0.15, 0.2) is 5.56 Å². The number of aryl methyl sites for hydroxylation is 2. The maximum absolute atomic E-state index is 12.0. The van der Waals surface area contributed by atoms with E-state index in [-0.39, 0.29) is 0 Å². The average Bonchev–Trinajstić information content (AvgIpc) is 2.30. The molecule has 2 rings (SSSR count). The van der Waals surface area contributed by atoms with Crippen LogP contribution >= 0.6 is 0 Å². The Labute approximate surface area is 103 Å². The molecule has 2 aromatic rings. The van der Waals surface area contributed by atoms with E-state index in [1.165, 1.54) is 4.57 Å². The van der Waals surface area contributed by atoms with E-state index in [0.29, 0.717) is 17.4 Å². The van der Waals surface area contributed by atoms with Gasteiger partial charge in [0.25, 0.3) is 5.56 Å². The highest BCUT2D eigenvalue weighted by Gasteiger charge is 2.20. The number of carbonyl (C=O) groups is 1. The highest BCUT2D eigenvalue weighted by atomic mass is 16.4. The summed E-state index contributed by atoms with van der Waals surface area (Å²) in [6.45, 7) is 3.93. The van der Waals surface area contributed by atoms with Crippen LogP contribution in [-0.4, -0.2) is 20.7 Å². The first-order valence-corrected chi connectivity index (χ1v) is 5.56. The zero-order valence-corrected chi connectivity index (χ0v) is 10.1. The lowest BCUT2D eigenvalue weighted by Gasteiger charge is -2.12.